The van der Waals surface area contributed by atoms with Crippen LogP contribution in [0.4, 0.5) is 0 Å². The normalized spacial score (nSPS) is 11.1. The van der Waals surface area contributed by atoms with Crippen molar-refractivity contribution in [1.82, 2.24) is 0 Å². The Labute approximate surface area is 199 Å². The summed E-state index contributed by atoms with van der Waals surface area (Å²) in [4.78, 5) is 20.1. The second-order valence-electron chi connectivity index (χ2n) is 9.90. The van der Waals surface area contributed by atoms with Crippen LogP contribution in [-0.2, 0) is 9.59 Å². The molecule has 0 fully saturated rings. The zero-order valence-corrected chi connectivity index (χ0v) is 22.0. The Kier molecular flexibility index (Phi) is 25.4. The van der Waals surface area contributed by atoms with Crippen molar-refractivity contribution in [2.75, 3.05) is 27.2 Å². The van der Waals surface area contributed by atoms with Crippen molar-refractivity contribution in [3.05, 3.63) is 0 Å². The fourth-order valence-electron chi connectivity index (χ4n) is 3.61. The standard InChI is InChI=1S/C18H40N.C9H16O4/c1-5-7-8-9-10-11-12-13-14-15-16-17-18-19(3,4)6-2;10-8(11)6-4-2-1-3-5-7-9(12)13/h5-18H2,1-4H3;1-7H2,(H,10,11)(H,12,13)/q+1;/p-1. The highest BCUT2D eigenvalue weighted by atomic mass is 16.4. The molecule has 1 N–H and O–H groups in total. The maximum Gasteiger partial charge on any atom is 0.303 e. The fourth-order valence-corrected chi connectivity index (χ4v) is 3.61. The SMILES string of the molecule is CCCCCCCCCCCCCC[N+](C)(C)CC.O=C([O-])CCCCCCCC(=O)O. The average Bonchev–Trinajstić information content (AvgIpc) is 2.74. The van der Waals surface area contributed by atoms with Gasteiger partial charge < -0.3 is 19.5 Å². The molecule has 0 aliphatic heterocycles. The van der Waals surface area contributed by atoms with Gasteiger partial charge in [0.05, 0.1) is 27.2 Å². The molecular formula is C27H55NO4. The van der Waals surface area contributed by atoms with Crippen LogP contribution >= 0.6 is 0 Å². The molecule has 0 aromatic heterocycles. The summed E-state index contributed by atoms with van der Waals surface area (Å²) in [7, 11) is 4.69. The Balaban J connectivity index is 0. The third-order valence-corrected chi connectivity index (χ3v) is 6.24. The zero-order valence-electron chi connectivity index (χ0n) is 22.0. The summed E-state index contributed by atoms with van der Waals surface area (Å²) in [6, 6.07) is 0. The van der Waals surface area contributed by atoms with Gasteiger partial charge in [-0.3, -0.25) is 4.79 Å². The molecule has 0 rings (SSSR count). The molecule has 0 bridgehead atoms. The van der Waals surface area contributed by atoms with Gasteiger partial charge >= 0.3 is 5.97 Å². The first kappa shape index (κ1) is 33.1. The van der Waals surface area contributed by atoms with E-state index in [1.807, 2.05) is 0 Å². The van der Waals surface area contributed by atoms with E-state index in [0.29, 0.717) is 12.8 Å². The highest BCUT2D eigenvalue weighted by Gasteiger charge is 2.09. The second kappa shape index (κ2) is 24.5. The summed E-state index contributed by atoms with van der Waals surface area (Å²) in [5.41, 5.74) is 0. The number of carboxylic acid groups (broad SMARTS) is 2. The lowest BCUT2D eigenvalue weighted by Crippen LogP contribution is -2.39. The Morgan fingerprint density at radius 1 is 0.625 bits per heavy atom. The molecule has 0 saturated carbocycles. The van der Waals surface area contributed by atoms with E-state index in [9.17, 15) is 14.7 Å². The number of aliphatic carboxylic acids is 2. The predicted molar refractivity (Wildman–Crippen MR) is 134 cm³/mol. The van der Waals surface area contributed by atoms with Crippen LogP contribution in [0.3, 0.4) is 0 Å². The van der Waals surface area contributed by atoms with Crippen molar-refractivity contribution in [2.45, 2.75) is 136 Å². The van der Waals surface area contributed by atoms with Gasteiger partial charge in [-0.15, -0.1) is 0 Å². The highest BCUT2D eigenvalue weighted by Crippen LogP contribution is 2.12. The van der Waals surface area contributed by atoms with Crippen LogP contribution in [-0.4, -0.2) is 48.7 Å². The molecule has 0 radical (unpaired) electrons. The molecule has 5 nitrogen and oxygen atoms in total. The lowest BCUT2D eigenvalue weighted by atomic mass is 10.1. The van der Waals surface area contributed by atoms with Crippen molar-refractivity contribution in [2.24, 2.45) is 0 Å². The summed E-state index contributed by atoms with van der Waals surface area (Å²) in [5.74, 6) is -1.78. The largest absolute Gasteiger partial charge is 0.550 e. The number of quaternary nitrogens is 1. The molecule has 0 atom stereocenters. The molecule has 5 heteroatoms. The maximum absolute atomic E-state index is 10.1. The minimum absolute atomic E-state index is 0.110. The van der Waals surface area contributed by atoms with E-state index in [1.165, 1.54) is 94.6 Å². The topological polar surface area (TPSA) is 77.4 Å². The molecule has 0 heterocycles. The second-order valence-corrected chi connectivity index (χ2v) is 9.90. The third-order valence-electron chi connectivity index (χ3n) is 6.24. The van der Waals surface area contributed by atoms with Crippen LogP contribution in [0.1, 0.15) is 136 Å². The van der Waals surface area contributed by atoms with Crippen molar-refractivity contribution >= 4 is 11.9 Å². The van der Waals surface area contributed by atoms with Crippen molar-refractivity contribution in [3.8, 4) is 0 Å². The Morgan fingerprint density at radius 2 is 1.00 bits per heavy atom. The Bertz CT molecular complexity index is 406. The fraction of sp³-hybridized carbons (Fsp3) is 0.926. The predicted octanol–water partition coefficient (Wildman–Crippen LogP) is 6.34. The van der Waals surface area contributed by atoms with E-state index in [0.717, 1.165) is 19.3 Å². The molecule has 0 aliphatic carbocycles. The molecule has 0 aromatic carbocycles. The smallest absolute Gasteiger partial charge is 0.303 e. The number of unbranched alkanes of at least 4 members (excludes halogenated alkanes) is 15. The summed E-state index contributed by atoms with van der Waals surface area (Å²) in [6.45, 7) is 7.20. The molecule has 0 saturated heterocycles. The maximum atomic E-state index is 10.1. The lowest BCUT2D eigenvalue weighted by Gasteiger charge is -2.28. The first-order valence-corrected chi connectivity index (χ1v) is 13.5. The van der Waals surface area contributed by atoms with E-state index in [-0.39, 0.29) is 12.8 Å². The van der Waals surface area contributed by atoms with Gasteiger partial charge in [0.25, 0.3) is 0 Å². The highest BCUT2D eigenvalue weighted by molar-refractivity contribution is 5.66. The number of carboxylic acids is 2. The number of carbonyl (C=O) groups excluding carboxylic acids is 1. The molecular weight excluding hydrogens is 402 g/mol. The minimum atomic E-state index is -1.01. The first-order chi connectivity index (χ1) is 15.2. The summed E-state index contributed by atoms with van der Waals surface area (Å²) in [5, 5.41) is 18.3. The summed E-state index contributed by atoms with van der Waals surface area (Å²) >= 11 is 0. The van der Waals surface area contributed by atoms with Gasteiger partial charge in [0.2, 0.25) is 0 Å². The van der Waals surface area contributed by atoms with Crippen LogP contribution in [0, 0.1) is 0 Å². The molecule has 0 spiro atoms. The van der Waals surface area contributed by atoms with Crippen LogP contribution in [0.5, 0.6) is 0 Å². The number of rotatable bonds is 22. The molecule has 0 aliphatic rings. The molecule has 0 amide bonds. The van der Waals surface area contributed by atoms with Gasteiger partial charge in [-0.05, 0) is 39.0 Å². The number of hydrogen-bond acceptors (Lipinski definition) is 3. The number of carbonyl (C=O) groups is 2. The monoisotopic (exact) mass is 457 g/mol. The Morgan fingerprint density at radius 3 is 1.38 bits per heavy atom. The van der Waals surface area contributed by atoms with E-state index >= 15 is 0 Å². The number of nitrogens with zero attached hydrogens (tertiary/aromatic N) is 1. The van der Waals surface area contributed by atoms with Gasteiger partial charge in [0.1, 0.15) is 0 Å². The van der Waals surface area contributed by atoms with E-state index in [1.54, 1.807) is 0 Å². The van der Waals surface area contributed by atoms with Crippen LogP contribution in [0.15, 0.2) is 0 Å². The van der Waals surface area contributed by atoms with E-state index < -0.39 is 11.9 Å². The summed E-state index contributed by atoms with van der Waals surface area (Å²) in [6.07, 6.45) is 21.7. The minimum Gasteiger partial charge on any atom is -0.550 e. The van der Waals surface area contributed by atoms with Crippen molar-refractivity contribution in [1.29, 1.82) is 0 Å². The molecule has 32 heavy (non-hydrogen) atoms. The van der Waals surface area contributed by atoms with Gasteiger partial charge in [-0.1, -0.05) is 90.4 Å². The molecule has 0 aromatic rings. The summed E-state index contributed by atoms with van der Waals surface area (Å²) < 4.78 is 1.19. The van der Waals surface area contributed by atoms with Crippen LogP contribution in [0.25, 0.3) is 0 Å². The van der Waals surface area contributed by atoms with Gasteiger partial charge in [0.15, 0.2) is 0 Å². The molecule has 0 unspecified atom stereocenters. The lowest BCUT2D eigenvalue weighted by molar-refractivity contribution is -0.888. The van der Waals surface area contributed by atoms with Gasteiger partial charge in [-0.25, -0.2) is 0 Å². The first-order valence-electron chi connectivity index (χ1n) is 13.5. The van der Waals surface area contributed by atoms with Gasteiger partial charge in [-0.2, -0.15) is 0 Å². The van der Waals surface area contributed by atoms with Crippen LogP contribution in [0.2, 0.25) is 0 Å². The van der Waals surface area contributed by atoms with E-state index in [2.05, 4.69) is 27.9 Å². The van der Waals surface area contributed by atoms with Gasteiger partial charge in [0, 0.05) is 12.4 Å². The quantitative estimate of drug-likeness (QED) is 0.152. The van der Waals surface area contributed by atoms with Crippen molar-refractivity contribution in [3.63, 3.8) is 0 Å². The number of hydrogen-bond donors (Lipinski definition) is 1. The Hall–Kier alpha value is -1.10. The third kappa shape index (κ3) is 31.1. The van der Waals surface area contributed by atoms with E-state index in [4.69, 9.17) is 5.11 Å². The molecule has 192 valence electrons. The zero-order chi connectivity index (χ0) is 24.5. The average molecular weight is 458 g/mol. The van der Waals surface area contributed by atoms with Crippen LogP contribution < -0.4 is 5.11 Å². The van der Waals surface area contributed by atoms with Crippen molar-refractivity contribution < 1.29 is 24.3 Å².